The van der Waals surface area contributed by atoms with Gasteiger partial charge in [-0.1, -0.05) is 0 Å². The highest BCUT2D eigenvalue weighted by molar-refractivity contribution is 5.11. The summed E-state index contributed by atoms with van der Waals surface area (Å²) in [6.45, 7) is 5.86. The van der Waals surface area contributed by atoms with Crippen molar-refractivity contribution in [1.82, 2.24) is 15.1 Å². The second kappa shape index (κ2) is 5.27. The minimum Gasteiger partial charge on any atom is -0.425 e. The van der Waals surface area contributed by atoms with E-state index in [0.717, 1.165) is 13.1 Å². The van der Waals surface area contributed by atoms with E-state index in [2.05, 4.69) is 22.0 Å². The maximum Gasteiger partial charge on any atom is 0.261 e. The van der Waals surface area contributed by atoms with Gasteiger partial charge in [-0.2, -0.15) is 0 Å². The average molecular weight is 261 g/mol. The normalized spacial score (nSPS) is 19.2. The summed E-state index contributed by atoms with van der Waals surface area (Å²) < 4.78 is 33.9. The Morgan fingerprint density at radius 1 is 1.44 bits per heavy atom. The molecule has 18 heavy (non-hydrogen) atoms. The number of alkyl halides is 2. The van der Waals surface area contributed by atoms with Crippen LogP contribution in [0.1, 0.15) is 18.7 Å². The summed E-state index contributed by atoms with van der Waals surface area (Å²) in [7, 11) is 0. The second-order valence-corrected chi connectivity index (χ2v) is 4.86. The lowest BCUT2D eigenvalue weighted by atomic mass is 9.82. The molecule has 0 saturated carbocycles. The standard InChI is InChI=1S/C11H17F2N3O2/c1-8-14-15-10(18-8)11(2)6-16(7-11)3-4-17-5-9(12)13/h9H,3-7H2,1-2H3. The number of ether oxygens (including phenoxy) is 1. The summed E-state index contributed by atoms with van der Waals surface area (Å²) >= 11 is 0. The van der Waals surface area contributed by atoms with Crippen molar-refractivity contribution in [1.29, 1.82) is 0 Å². The molecule has 7 heteroatoms. The van der Waals surface area contributed by atoms with E-state index in [9.17, 15) is 8.78 Å². The van der Waals surface area contributed by atoms with E-state index >= 15 is 0 Å². The minimum absolute atomic E-state index is 0.121. The lowest BCUT2D eigenvalue weighted by molar-refractivity contribution is -0.0121. The van der Waals surface area contributed by atoms with Gasteiger partial charge in [0.25, 0.3) is 6.43 Å². The molecule has 0 spiro atoms. The van der Waals surface area contributed by atoms with Gasteiger partial charge in [0.05, 0.1) is 12.0 Å². The first-order valence-corrected chi connectivity index (χ1v) is 5.88. The van der Waals surface area contributed by atoms with Gasteiger partial charge < -0.3 is 9.15 Å². The molecule has 2 heterocycles. The Balaban J connectivity index is 1.70. The first kappa shape index (κ1) is 13.4. The topological polar surface area (TPSA) is 51.4 Å². The van der Waals surface area contributed by atoms with Crippen molar-refractivity contribution in [2.24, 2.45) is 0 Å². The van der Waals surface area contributed by atoms with Gasteiger partial charge in [-0.25, -0.2) is 8.78 Å². The van der Waals surface area contributed by atoms with Crippen LogP contribution in [0, 0.1) is 6.92 Å². The van der Waals surface area contributed by atoms with Gasteiger partial charge in [-0.3, -0.25) is 4.90 Å². The predicted octanol–water partition coefficient (Wildman–Crippen LogP) is 1.23. The number of aromatic nitrogens is 2. The number of hydrogen-bond donors (Lipinski definition) is 0. The fourth-order valence-electron chi connectivity index (χ4n) is 2.14. The van der Waals surface area contributed by atoms with Crippen LogP contribution in [0.25, 0.3) is 0 Å². The molecule has 0 radical (unpaired) electrons. The zero-order valence-corrected chi connectivity index (χ0v) is 10.5. The Morgan fingerprint density at radius 2 is 2.17 bits per heavy atom. The van der Waals surface area contributed by atoms with Crippen molar-refractivity contribution in [3.05, 3.63) is 11.8 Å². The summed E-state index contributed by atoms with van der Waals surface area (Å²) in [6, 6.07) is 0. The Labute approximate surface area is 104 Å². The molecule has 0 atom stereocenters. The molecule has 1 aliphatic rings. The van der Waals surface area contributed by atoms with Gasteiger partial charge in [-0.05, 0) is 6.92 Å². The van der Waals surface area contributed by atoms with E-state index in [0.29, 0.717) is 24.9 Å². The smallest absolute Gasteiger partial charge is 0.261 e. The van der Waals surface area contributed by atoms with Crippen LogP contribution in [0.4, 0.5) is 8.78 Å². The third-order valence-electron chi connectivity index (χ3n) is 2.98. The molecule has 5 nitrogen and oxygen atoms in total. The third-order valence-corrected chi connectivity index (χ3v) is 2.98. The van der Waals surface area contributed by atoms with Crippen molar-refractivity contribution in [2.45, 2.75) is 25.7 Å². The Morgan fingerprint density at radius 3 is 2.72 bits per heavy atom. The average Bonchev–Trinajstić information content (AvgIpc) is 2.68. The van der Waals surface area contributed by atoms with Crippen molar-refractivity contribution in [2.75, 3.05) is 32.8 Å². The van der Waals surface area contributed by atoms with E-state index in [1.807, 2.05) is 0 Å². The third kappa shape index (κ3) is 3.02. The first-order valence-electron chi connectivity index (χ1n) is 5.88. The van der Waals surface area contributed by atoms with Crippen LogP contribution in [-0.4, -0.2) is 54.4 Å². The number of rotatable bonds is 6. The summed E-state index contributed by atoms with van der Waals surface area (Å²) in [5.74, 6) is 1.20. The Kier molecular flexibility index (Phi) is 3.91. The zero-order valence-electron chi connectivity index (χ0n) is 10.5. The fourth-order valence-corrected chi connectivity index (χ4v) is 2.14. The summed E-state index contributed by atoms with van der Waals surface area (Å²) in [6.07, 6.45) is -2.40. The molecule has 1 aromatic heterocycles. The highest BCUT2D eigenvalue weighted by Crippen LogP contribution is 2.32. The van der Waals surface area contributed by atoms with E-state index < -0.39 is 13.0 Å². The molecular weight excluding hydrogens is 244 g/mol. The molecule has 102 valence electrons. The summed E-state index contributed by atoms with van der Waals surface area (Å²) in [5, 5.41) is 7.83. The van der Waals surface area contributed by atoms with Gasteiger partial charge in [0, 0.05) is 26.6 Å². The van der Waals surface area contributed by atoms with Crippen LogP contribution in [-0.2, 0) is 10.2 Å². The predicted molar refractivity (Wildman–Crippen MR) is 59.7 cm³/mol. The highest BCUT2D eigenvalue weighted by atomic mass is 19.3. The van der Waals surface area contributed by atoms with E-state index in [4.69, 9.17) is 9.15 Å². The van der Waals surface area contributed by atoms with Crippen LogP contribution in [0.5, 0.6) is 0 Å². The number of aryl methyl sites for hydroxylation is 1. The molecule has 1 aliphatic heterocycles. The molecule has 1 aromatic rings. The van der Waals surface area contributed by atoms with Crippen LogP contribution in [0.2, 0.25) is 0 Å². The molecule has 0 amide bonds. The molecule has 0 bridgehead atoms. The van der Waals surface area contributed by atoms with Gasteiger partial charge in [0.1, 0.15) is 6.61 Å². The second-order valence-electron chi connectivity index (χ2n) is 4.86. The Hall–Kier alpha value is -1.08. The van der Waals surface area contributed by atoms with Gasteiger partial charge in [0.15, 0.2) is 0 Å². The highest BCUT2D eigenvalue weighted by Gasteiger charge is 2.44. The quantitative estimate of drug-likeness (QED) is 0.721. The number of likely N-dealkylation sites (tertiary alicyclic amines) is 1. The largest absolute Gasteiger partial charge is 0.425 e. The van der Waals surface area contributed by atoms with Gasteiger partial charge >= 0.3 is 0 Å². The maximum atomic E-state index is 11.8. The van der Waals surface area contributed by atoms with E-state index in [-0.39, 0.29) is 5.41 Å². The molecule has 0 N–H and O–H groups in total. The molecular formula is C11H17F2N3O2. The number of halogens is 2. The van der Waals surface area contributed by atoms with Crippen molar-refractivity contribution >= 4 is 0 Å². The SMILES string of the molecule is Cc1nnc(C2(C)CN(CCOCC(F)F)C2)o1. The lowest BCUT2D eigenvalue weighted by Crippen LogP contribution is -2.58. The number of hydrogen-bond acceptors (Lipinski definition) is 5. The van der Waals surface area contributed by atoms with Crippen LogP contribution in [0.3, 0.4) is 0 Å². The molecule has 0 aliphatic carbocycles. The first-order chi connectivity index (χ1) is 8.49. The molecule has 1 fully saturated rings. The monoisotopic (exact) mass is 261 g/mol. The van der Waals surface area contributed by atoms with Crippen molar-refractivity contribution < 1.29 is 17.9 Å². The molecule has 0 unspecified atom stereocenters. The Bertz CT molecular complexity index is 391. The summed E-state index contributed by atoms with van der Waals surface area (Å²) in [5.41, 5.74) is -0.121. The molecule has 0 aromatic carbocycles. The van der Waals surface area contributed by atoms with Crippen LogP contribution in [0.15, 0.2) is 4.42 Å². The van der Waals surface area contributed by atoms with Crippen LogP contribution >= 0.6 is 0 Å². The fraction of sp³-hybridized carbons (Fsp3) is 0.818. The van der Waals surface area contributed by atoms with Gasteiger partial charge in [-0.15, -0.1) is 10.2 Å². The lowest BCUT2D eigenvalue weighted by Gasteiger charge is -2.45. The molecule has 1 saturated heterocycles. The maximum absolute atomic E-state index is 11.8. The zero-order chi connectivity index (χ0) is 13.2. The molecule has 2 rings (SSSR count). The van der Waals surface area contributed by atoms with E-state index in [1.54, 1.807) is 6.92 Å². The van der Waals surface area contributed by atoms with Gasteiger partial charge in [0.2, 0.25) is 11.8 Å². The minimum atomic E-state index is -2.40. The van der Waals surface area contributed by atoms with E-state index in [1.165, 1.54) is 0 Å². The summed E-state index contributed by atoms with van der Waals surface area (Å²) in [4.78, 5) is 2.12. The van der Waals surface area contributed by atoms with Crippen molar-refractivity contribution in [3.63, 3.8) is 0 Å². The van der Waals surface area contributed by atoms with Crippen LogP contribution < -0.4 is 0 Å². The number of nitrogens with zero attached hydrogens (tertiary/aromatic N) is 3. The van der Waals surface area contributed by atoms with Crippen molar-refractivity contribution in [3.8, 4) is 0 Å².